The molecule has 0 unspecified atom stereocenters. The summed E-state index contributed by atoms with van der Waals surface area (Å²) in [7, 11) is 1.32. The SMILES string of the molecule is COC(=O)c1ccc2c(=O)n(CC[NH+]3CCOCC3)c(=S)[nH]c2c1. The molecule has 1 fully saturated rings. The molecule has 1 aromatic carbocycles. The smallest absolute Gasteiger partial charge is 0.337 e. The van der Waals surface area contributed by atoms with Crippen LogP contribution in [0.2, 0.25) is 0 Å². The number of H-pyrrole nitrogens is 1. The topological polar surface area (TPSA) is 77.8 Å². The average molecular weight is 350 g/mol. The van der Waals surface area contributed by atoms with Crippen LogP contribution in [0.4, 0.5) is 0 Å². The maximum absolute atomic E-state index is 12.7. The van der Waals surface area contributed by atoms with Crippen molar-refractivity contribution in [3.63, 3.8) is 0 Å². The van der Waals surface area contributed by atoms with Gasteiger partial charge >= 0.3 is 5.97 Å². The summed E-state index contributed by atoms with van der Waals surface area (Å²) >= 11 is 5.33. The number of esters is 1. The van der Waals surface area contributed by atoms with E-state index in [1.807, 2.05) is 0 Å². The summed E-state index contributed by atoms with van der Waals surface area (Å²) in [4.78, 5) is 28.8. The molecular formula is C16H20N3O4S+. The van der Waals surface area contributed by atoms with Gasteiger partial charge in [0.05, 0.1) is 49.9 Å². The van der Waals surface area contributed by atoms with Crippen LogP contribution >= 0.6 is 12.2 Å². The van der Waals surface area contributed by atoms with E-state index in [4.69, 9.17) is 21.7 Å². The summed E-state index contributed by atoms with van der Waals surface area (Å²) < 4.78 is 12.0. The van der Waals surface area contributed by atoms with Crippen molar-refractivity contribution in [2.24, 2.45) is 0 Å². The number of morpholine rings is 1. The number of methoxy groups -OCH3 is 1. The fourth-order valence-corrected chi connectivity index (χ4v) is 3.17. The second kappa shape index (κ2) is 7.25. The van der Waals surface area contributed by atoms with Crippen molar-refractivity contribution in [3.05, 3.63) is 38.9 Å². The lowest BCUT2D eigenvalue weighted by Gasteiger charge is -2.23. The van der Waals surface area contributed by atoms with E-state index in [2.05, 4.69) is 4.98 Å². The van der Waals surface area contributed by atoms with Crippen molar-refractivity contribution < 1.29 is 19.2 Å². The number of ether oxygens (including phenoxy) is 2. The molecule has 24 heavy (non-hydrogen) atoms. The molecule has 0 saturated carbocycles. The van der Waals surface area contributed by atoms with E-state index < -0.39 is 5.97 Å². The Morgan fingerprint density at radius 2 is 2.17 bits per heavy atom. The first-order valence-corrected chi connectivity index (χ1v) is 8.27. The monoisotopic (exact) mass is 350 g/mol. The van der Waals surface area contributed by atoms with Gasteiger partial charge in [0.15, 0.2) is 4.77 Å². The van der Waals surface area contributed by atoms with Crippen molar-refractivity contribution in [2.45, 2.75) is 6.54 Å². The molecule has 0 radical (unpaired) electrons. The maximum Gasteiger partial charge on any atom is 0.337 e. The number of nitrogens with zero attached hydrogens (tertiary/aromatic N) is 1. The van der Waals surface area contributed by atoms with Crippen molar-refractivity contribution in [2.75, 3.05) is 40.0 Å². The van der Waals surface area contributed by atoms with Gasteiger partial charge in [0.1, 0.15) is 13.1 Å². The van der Waals surface area contributed by atoms with Gasteiger partial charge in [-0.25, -0.2) is 4.79 Å². The second-order valence-corrected chi connectivity index (χ2v) is 6.14. The van der Waals surface area contributed by atoms with Crippen LogP contribution in [-0.2, 0) is 16.0 Å². The zero-order chi connectivity index (χ0) is 17.1. The molecule has 2 aromatic rings. The number of benzene rings is 1. The normalized spacial score (nSPS) is 15.5. The summed E-state index contributed by atoms with van der Waals surface area (Å²) in [6.45, 7) is 4.78. The van der Waals surface area contributed by atoms with E-state index >= 15 is 0 Å². The molecule has 3 rings (SSSR count). The first-order valence-electron chi connectivity index (χ1n) is 7.86. The highest BCUT2D eigenvalue weighted by molar-refractivity contribution is 7.71. The first kappa shape index (κ1) is 16.8. The van der Waals surface area contributed by atoms with Gasteiger partial charge in [0.25, 0.3) is 5.56 Å². The molecule has 1 saturated heterocycles. The summed E-state index contributed by atoms with van der Waals surface area (Å²) in [5.74, 6) is -0.448. The second-order valence-electron chi connectivity index (χ2n) is 5.75. The number of carbonyl (C=O) groups is 1. The van der Waals surface area contributed by atoms with Crippen molar-refractivity contribution in [1.29, 1.82) is 0 Å². The number of quaternary nitrogens is 1. The number of fused-ring (bicyclic) bond motifs is 1. The molecule has 0 aliphatic carbocycles. The van der Waals surface area contributed by atoms with E-state index in [1.165, 1.54) is 12.0 Å². The van der Waals surface area contributed by atoms with Crippen LogP contribution < -0.4 is 10.5 Å². The van der Waals surface area contributed by atoms with Crippen LogP contribution in [0.1, 0.15) is 10.4 Å². The summed E-state index contributed by atoms with van der Waals surface area (Å²) in [6, 6.07) is 4.81. The van der Waals surface area contributed by atoms with Crippen molar-refractivity contribution >= 4 is 29.1 Å². The number of aromatic amines is 1. The highest BCUT2D eigenvalue weighted by Gasteiger charge is 2.15. The van der Waals surface area contributed by atoms with Crippen LogP contribution in [0.25, 0.3) is 10.9 Å². The predicted molar refractivity (Wildman–Crippen MR) is 91.1 cm³/mol. The summed E-state index contributed by atoms with van der Waals surface area (Å²) in [6.07, 6.45) is 0. The minimum atomic E-state index is -0.448. The molecule has 0 bridgehead atoms. The summed E-state index contributed by atoms with van der Waals surface area (Å²) in [5, 5.41) is 0.508. The highest BCUT2D eigenvalue weighted by atomic mass is 32.1. The third kappa shape index (κ3) is 3.40. The average Bonchev–Trinajstić information content (AvgIpc) is 2.61. The standard InChI is InChI=1S/C16H19N3O4S/c1-22-15(21)11-2-3-12-13(10-11)17-16(24)19(14(12)20)5-4-18-6-8-23-9-7-18/h2-3,10H,4-9H2,1H3,(H,17,24)/p+1. The van der Waals surface area contributed by atoms with Gasteiger partial charge in [0.2, 0.25) is 0 Å². The number of nitrogens with one attached hydrogen (secondary N) is 2. The molecule has 0 atom stereocenters. The molecule has 2 heterocycles. The quantitative estimate of drug-likeness (QED) is 0.588. The van der Waals surface area contributed by atoms with Gasteiger partial charge in [-0.15, -0.1) is 0 Å². The van der Waals surface area contributed by atoms with E-state index in [0.29, 0.717) is 27.8 Å². The molecule has 0 amide bonds. The fourth-order valence-electron chi connectivity index (χ4n) is 2.88. The van der Waals surface area contributed by atoms with Gasteiger partial charge < -0.3 is 19.4 Å². The molecule has 1 aliphatic heterocycles. The number of carbonyl (C=O) groups excluding carboxylic acids is 1. The number of hydrogen-bond donors (Lipinski definition) is 2. The minimum Gasteiger partial charge on any atom is -0.465 e. The van der Waals surface area contributed by atoms with Crippen molar-refractivity contribution in [1.82, 2.24) is 9.55 Å². The van der Waals surface area contributed by atoms with Crippen LogP contribution in [0.5, 0.6) is 0 Å². The molecular weight excluding hydrogens is 330 g/mol. The van der Waals surface area contributed by atoms with Gasteiger partial charge in [0, 0.05) is 0 Å². The molecule has 8 heteroatoms. The van der Waals surface area contributed by atoms with Crippen LogP contribution in [0.15, 0.2) is 23.0 Å². The molecule has 0 spiro atoms. The number of rotatable bonds is 4. The third-order valence-electron chi connectivity index (χ3n) is 4.29. The Labute approximate surface area is 143 Å². The Morgan fingerprint density at radius 3 is 2.88 bits per heavy atom. The summed E-state index contributed by atoms with van der Waals surface area (Å²) in [5.41, 5.74) is 0.784. The molecule has 2 N–H and O–H groups in total. The lowest BCUT2D eigenvalue weighted by molar-refractivity contribution is -0.908. The number of aromatic nitrogens is 2. The van der Waals surface area contributed by atoms with Crippen molar-refractivity contribution in [3.8, 4) is 0 Å². The lowest BCUT2D eigenvalue weighted by Crippen LogP contribution is -3.14. The molecule has 7 nitrogen and oxygen atoms in total. The zero-order valence-corrected chi connectivity index (χ0v) is 14.3. The Kier molecular flexibility index (Phi) is 5.08. The van der Waals surface area contributed by atoms with Crippen LogP contribution in [-0.4, -0.2) is 55.5 Å². The Morgan fingerprint density at radius 1 is 1.42 bits per heavy atom. The van der Waals surface area contributed by atoms with Crippen LogP contribution in [0, 0.1) is 4.77 Å². The van der Waals surface area contributed by atoms with Gasteiger partial charge in [-0.2, -0.15) is 0 Å². The minimum absolute atomic E-state index is 0.141. The van der Waals surface area contributed by atoms with Gasteiger partial charge in [-0.1, -0.05) is 0 Å². The van der Waals surface area contributed by atoms with E-state index in [9.17, 15) is 9.59 Å². The van der Waals surface area contributed by atoms with Gasteiger partial charge in [-0.05, 0) is 30.4 Å². The first-order chi connectivity index (χ1) is 11.6. The van der Waals surface area contributed by atoms with E-state index in [-0.39, 0.29) is 5.56 Å². The lowest BCUT2D eigenvalue weighted by atomic mass is 10.1. The Bertz CT molecular complexity index is 868. The number of hydrogen-bond acceptors (Lipinski definition) is 5. The predicted octanol–water partition coefficient (Wildman–Crippen LogP) is -0.239. The van der Waals surface area contributed by atoms with E-state index in [1.54, 1.807) is 22.8 Å². The Balaban J connectivity index is 1.90. The zero-order valence-electron chi connectivity index (χ0n) is 13.5. The molecule has 1 aliphatic rings. The van der Waals surface area contributed by atoms with Gasteiger partial charge in [-0.3, -0.25) is 9.36 Å². The molecule has 128 valence electrons. The third-order valence-corrected chi connectivity index (χ3v) is 4.61. The van der Waals surface area contributed by atoms with Crippen LogP contribution in [0.3, 0.4) is 0 Å². The maximum atomic E-state index is 12.7. The van der Waals surface area contributed by atoms with E-state index in [0.717, 1.165) is 32.8 Å². The Hall–Kier alpha value is -2.03. The highest BCUT2D eigenvalue weighted by Crippen LogP contribution is 2.11. The fraction of sp³-hybridized carbons (Fsp3) is 0.438. The largest absolute Gasteiger partial charge is 0.465 e. The molecule has 1 aromatic heterocycles.